The predicted molar refractivity (Wildman–Crippen MR) is 110 cm³/mol. The van der Waals surface area contributed by atoms with Crippen molar-refractivity contribution in [2.75, 3.05) is 0 Å². The summed E-state index contributed by atoms with van der Waals surface area (Å²) in [6.07, 6.45) is -4.44. The third-order valence-corrected chi connectivity index (χ3v) is 5.73. The van der Waals surface area contributed by atoms with Gasteiger partial charge in [0.1, 0.15) is 0 Å². The second-order valence-electron chi connectivity index (χ2n) is 6.90. The molecule has 0 bridgehead atoms. The standard InChI is InChI=1S/C21H14F3N5OS/c1-12-9-17-26-27-20(29(17)16-8-3-2-7-15(12)16)31-11-18-25-19(28-30-18)13-5-4-6-14(10-13)21(22,23)24/h2-10H,11H2,1H3. The number of nitrogens with zero attached hydrogens (tertiary/aromatic N) is 5. The number of para-hydroxylation sites is 1. The summed E-state index contributed by atoms with van der Waals surface area (Å²) in [7, 11) is 0. The Morgan fingerprint density at radius 1 is 1.03 bits per heavy atom. The quantitative estimate of drug-likeness (QED) is 0.341. The molecule has 5 rings (SSSR count). The van der Waals surface area contributed by atoms with Crippen LogP contribution in [0.5, 0.6) is 0 Å². The van der Waals surface area contributed by atoms with Crippen molar-refractivity contribution in [3.63, 3.8) is 0 Å². The molecule has 0 spiro atoms. The number of halogens is 3. The number of aryl methyl sites for hydroxylation is 1. The molecular formula is C21H14F3N5OS. The molecule has 5 aromatic rings. The lowest BCUT2D eigenvalue weighted by Gasteiger charge is -2.06. The van der Waals surface area contributed by atoms with Crippen LogP contribution in [0.25, 0.3) is 27.9 Å². The Labute approximate surface area is 178 Å². The monoisotopic (exact) mass is 441 g/mol. The summed E-state index contributed by atoms with van der Waals surface area (Å²) in [6.45, 7) is 2.03. The summed E-state index contributed by atoms with van der Waals surface area (Å²) in [5, 5.41) is 14.1. The average molecular weight is 441 g/mol. The van der Waals surface area contributed by atoms with Crippen LogP contribution in [0.4, 0.5) is 13.2 Å². The summed E-state index contributed by atoms with van der Waals surface area (Å²) in [4.78, 5) is 4.24. The first-order chi connectivity index (χ1) is 14.9. The molecule has 6 nitrogen and oxygen atoms in total. The van der Waals surface area contributed by atoms with E-state index in [2.05, 4.69) is 20.3 Å². The van der Waals surface area contributed by atoms with Gasteiger partial charge in [-0.2, -0.15) is 18.2 Å². The number of alkyl halides is 3. The number of rotatable bonds is 4. The molecule has 10 heteroatoms. The van der Waals surface area contributed by atoms with Gasteiger partial charge in [-0.05, 0) is 36.8 Å². The molecule has 0 aliphatic heterocycles. The van der Waals surface area contributed by atoms with E-state index >= 15 is 0 Å². The zero-order valence-electron chi connectivity index (χ0n) is 16.1. The largest absolute Gasteiger partial charge is 0.416 e. The predicted octanol–water partition coefficient (Wildman–Crippen LogP) is 5.55. The molecule has 0 radical (unpaired) electrons. The molecule has 0 saturated heterocycles. The number of hydrogen-bond acceptors (Lipinski definition) is 6. The maximum atomic E-state index is 12.9. The number of thioether (sulfide) groups is 1. The van der Waals surface area contributed by atoms with Crippen molar-refractivity contribution in [2.45, 2.75) is 24.0 Å². The van der Waals surface area contributed by atoms with Crippen LogP contribution in [-0.4, -0.2) is 24.7 Å². The van der Waals surface area contributed by atoms with Gasteiger partial charge in [0.2, 0.25) is 11.7 Å². The molecule has 156 valence electrons. The van der Waals surface area contributed by atoms with Crippen LogP contribution in [0.2, 0.25) is 0 Å². The molecule has 0 unspecified atom stereocenters. The Balaban J connectivity index is 1.42. The van der Waals surface area contributed by atoms with Crippen molar-refractivity contribution >= 4 is 28.3 Å². The van der Waals surface area contributed by atoms with Crippen LogP contribution in [0.1, 0.15) is 17.0 Å². The van der Waals surface area contributed by atoms with Crippen molar-refractivity contribution in [3.05, 3.63) is 71.6 Å². The van der Waals surface area contributed by atoms with E-state index in [4.69, 9.17) is 4.52 Å². The Hall–Kier alpha value is -3.40. The van der Waals surface area contributed by atoms with Crippen molar-refractivity contribution in [2.24, 2.45) is 0 Å². The highest BCUT2D eigenvalue weighted by Gasteiger charge is 2.30. The summed E-state index contributed by atoms with van der Waals surface area (Å²) >= 11 is 1.36. The number of hydrogen-bond donors (Lipinski definition) is 0. The fourth-order valence-corrected chi connectivity index (χ4v) is 4.15. The van der Waals surface area contributed by atoms with Gasteiger partial charge in [-0.25, -0.2) is 0 Å². The van der Waals surface area contributed by atoms with Gasteiger partial charge in [0.25, 0.3) is 0 Å². The van der Waals surface area contributed by atoms with E-state index in [-0.39, 0.29) is 17.3 Å². The lowest BCUT2D eigenvalue weighted by atomic mass is 10.1. The van der Waals surface area contributed by atoms with Gasteiger partial charge in [0, 0.05) is 10.9 Å². The molecule has 31 heavy (non-hydrogen) atoms. The minimum atomic E-state index is -4.44. The van der Waals surface area contributed by atoms with Crippen molar-refractivity contribution in [3.8, 4) is 11.4 Å². The molecule has 3 heterocycles. The van der Waals surface area contributed by atoms with Gasteiger partial charge in [-0.15, -0.1) is 10.2 Å². The molecule has 2 aromatic carbocycles. The van der Waals surface area contributed by atoms with Gasteiger partial charge < -0.3 is 4.52 Å². The fourth-order valence-electron chi connectivity index (χ4n) is 3.36. The van der Waals surface area contributed by atoms with Crippen LogP contribution >= 0.6 is 11.8 Å². The summed E-state index contributed by atoms with van der Waals surface area (Å²) < 4.78 is 46.0. The van der Waals surface area contributed by atoms with Crippen LogP contribution < -0.4 is 0 Å². The maximum Gasteiger partial charge on any atom is 0.416 e. The number of benzene rings is 2. The van der Waals surface area contributed by atoms with E-state index in [1.165, 1.54) is 23.9 Å². The molecule has 0 aliphatic carbocycles. The Morgan fingerprint density at radius 2 is 1.87 bits per heavy atom. The second kappa shape index (κ2) is 7.38. The molecule has 0 amide bonds. The van der Waals surface area contributed by atoms with Crippen LogP contribution in [0.3, 0.4) is 0 Å². The molecule has 3 aromatic heterocycles. The minimum Gasteiger partial charge on any atom is -0.338 e. The lowest BCUT2D eigenvalue weighted by Crippen LogP contribution is -2.04. The topological polar surface area (TPSA) is 69.1 Å². The molecular weight excluding hydrogens is 427 g/mol. The molecule has 0 atom stereocenters. The van der Waals surface area contributed by atoms with E-state index in [0.29, 0.717) is 10.9 Å². The van der Waals surface area contributed by atoms with Gasteiger partial charge in [0.05, 0.1) is 16.8 Å². The summed E-state index contributed by atoms with van der Waals surface area (Å²) in [6, 6.07) is 14.8. The Kier molecular flexibility index (Phi) is 4.66. The van der Waals surface area contributed by atoms with Gasteiger partial charge >= 0.3 is 6.18 Å². The van der Waals surface area contributed by atoms with E-state index in [0.717, 1.165) is 34.2 Å². The molecule has 0 saturated carbocycles. The normalized spacial score (nSPS) is 12.1. The van der Waals surface area contributed by atoms with Gasteiger partial charge in [-0.3, -0.25) is 4.40 Å². The third-order valence-electron chi connectivity index (χ3n) is 4.81. The Morgan fingerprint density at radius 3 is 2.71 bits per heavy atom. The highest BCUT2D eigenvalue weighted by atomic mass is 32.2. The summed E-state index contributed by atoms with van der Waals surface area (Å²) in [5.74, 6) is 0.689. The van der Waals surface area contributed by atoms with E-state index in [1.54, 1.807) is 0 Å². The smallest absolute Gasteiger partial charge is 0.338 e. The zero-order chi connectivity index (χ0) is 21.6. The van der Waals surface area contributed by atoms with E-state index in [1.807, 2.05) is 41.7 Å². The van der Waals surface area contributed by atoms with E-state index < -0.39 is 11.7 Å². The number of fused-ring (bicyclic) bond motifs is 3. The molecule has 0 aliphatic rings. The first-order valence-electron chi connectivity index (χ1n) is 9.26. The Bertz CT molecular complexity index is 1410. The first kappa shape index (κ1) is 19.6. The lowest BCUT2D eigenvalue weighted by molar-refractivity contribution is -0.137. The second-order valence-corrected chi connectivity index (χ2v) is 7.84. The highest BCUT2D eigenvalue weighted by molar-refractivity contribution is 7.98. The van der Waals surface area contributed by atoms with Crippen LogP contribution in [0.15, 0.2) is 64.3 Å². The molecule has 0 fully saturated rings. The zero-order valence-corrected chi connectivity index (χ0v) is 16.9. The SMILES string of the molecule is Cc1cc2nnc(SCc3nc(-c4cccc(C(F)(F)F)c4)no3)n2c2ccccc12. The van der Waals surface area contributed by atoms with Crippen molar-refractivity contribution in [1.29, 1.82) is 0 Å². The van der Waals surface area contributed by atoms with Crippen molar-refractivity contribution in [1.82, 2.24) is 24.7 Å². The van der Waals surface area contributed by atoms with Gasteiger partial charge in [0.15, 0.2) is 10.8 Å². The fraction of sp³-hybridized carbons (Fsp3) is 0.143. The number of pyridine rings is 1. The van der Waals surface area contributed by atoms with Gasteiger partial charge in [-0.1, -0.05) is 47.3 Å². The van der Waals surface area contributed by atoms with Crippen LogP contribution in [-0.2, 0) is 11.9 Å². The van der Waals surface area contributed by atoms with Crippen LogP contribution in [0, 0.1) is 6.92 Å². The summed E-state index contributed by atoms with van der Waals surface area (Å²) in [5.41, 5.74) is 2.30. The first-order valence-corrected chi connectivity index (χ1v) is 10.3. The average Bonchev–Trinajstić information content (AvgIpc) is 3.39. The highest BCUT2D eigenvalue weighted by Crippen LogP contribution is 2.32. The molecule has 0 N–H and O–H groups in total. The minimum absolute atomic E-state index is 0.105. The van der Waals surface area contributed by atoms with E-state index in [9.17, 15) is 13.2 Å². The number of aromatic nitrogens is 5. The van der Waals surface area contributed by atoms with Crippen molar-refractivity contribution < 1.29 is 17.7 Å². The third kappa shape index (κ3) is 3.63. The maximum absolute atomic E-state index is 12.9.